The number of amides is 2. The van der Waals surface area contributed by atoms with Crippen molar-refractivity contribution in [2.75, 3.05) is 13.6 Å². The summed E-state index contributed by atoms with van der Waals surface area (Å²) in [6.07, 6.45) is 2.65. The van der Waals surface area contributed by atoms with Crippen LogP contribution in [0, 0.1) is 5.92 Å². The lowest BCUT2D eigenvalue weighted by Crippen LogP contribution is -2.40. The molecule has 2 atom stereocenters. The van der Waals surface area contributed by atoms with Gasteiger partial charge in [-0.05, 0) is 12.8 Å². The van der Waals surface area contributed by atoms with Gasteiger partial charge in [0.15, 0.2) is 0 Å². The van der Waals surface area contributed by atoms with Crippen LogP contribution in [-0.4, -0.2) is 40.7 Å². The third-order valence-corrected chi connectivity index (χ3v) is 5.40. The number of thiazole rings is 1. The van der Waals surface area contributed by atoms with Crippen LogP contribution < -0.4 is 5.32 Å². The number of aliphatic hydroxyl groups is 1. The summed E-state index contributed by atoms with van der Waals surface area (Å²) in [5, 5.41) is 15.8. The SMILES string of the molecule is CN(CC1CCCC1O)C(=O)NCc1csc(C(C)(C)C)n1. The van der Waals surface area contributed by atoms with E-state index in [-0.39, 0.29) is 23.5 Å². The Hall–Kier alpha value is -1.14. The molecular weight excluding hydrogens is 298 g/mol. The number of urea groups is 1. The van der Waals surface area contributed by atoms with Gasteiger partial charge in [-0.25, -0.2) is 9.78 Å². The Morgan fingerprint density at radius 2 is 2.23 bits per heavy atom. The Kier molecular flexibility index (Phi) is 5.45. The minimum Gasteiger partial charge on any atom is -0.393 e. The number of nitrogens with one attached hydrogen (secondary N) is 1. The lowest BCUT2D eigenvalue weighted by molar-refractivity contribution is 0.114. The van der Waals surface area contributed by atoms with Crippen LogP contribution in [-0.2, 0) is 12.0 Å². The van der Waals surface area contributed by atoms with Crippen molar-refractivity contribution in [2.24, 2.45) is 5.92 Å². The lowest BCUT2D eigenvalue weighted by atomic mass is 9.98. The van der Waals surface area contributed by atoms with Crippen molar-refractivity contribution in [2.45, 2.75) is 58.1 Å². The number of aromatic nitrogens is 1. The van der Waals surface area contributed by atoms with Crippen LogP contribution in [0.15, 0.2) is 5.38 Å². The zero-order chi connectivity index (χ0) is 16.3. The summed E-state index contributed by atoms with van der Waals surface area (Å²) in [5.41, 5.74) is 0.945. The Labute approximate surface area is 136 Å². The number of aliphatic hydroxyl groups excluding tert-OH is 1. The Morgan fingerprint density at radius 1 is 1.50 bits per heavy atom. The third-order valence-electron chi connectivity index (χ3n) is 4.09. The maximum atomic E-state index is 12.1. The smallest absolute Gasteiger partial charge is 0.317 e. The molecule has 1 aromatic heterocycles. The standard InChI is InChI=1S/C16H27N3O2S/c1-16(2,3)14-18-12(10-22-14)8-17-15(21)19(4)9-11-6-5-7-13(11)20/h10-11,13,20H,5-9H2,1-4H3,(H,17,21). The Bertz CT molecular complexity index is 510. The number of carbonyl (C=O) groups excluding carboxylic acids is 1. The van der Waals surface area contributed by atoms with E-state index in [0.29, 0.717) is 13.1 Å². The molecule has 0 aromatic carbocycles. The van der Waals surface area contributed by atoms with Gasteiger partial charge in [0.05, 0.1) is 23.4 Å². The highest BCUT2D eigenvalue weighted by Crippen LogP contribution is 2.26. The van der Waals surface area contributed by atoms with E-state index in [1.165, 1.54) is 0 Å². The molecule has 0 bridgehead atoms. The molecule has 1 saturated carbocycles. The maximum Gasteiger partial charge on any atom is 0.317 e. The van der Waals surface area contributed by atoms with E-state index in [9.17, 15) is 9.90 Å². The van der Waals surface area contributed by atoms with Crippen LogP contribution in [0.25, 0.3) is 0 Å². The Balaban J connectivity index is 1.80. The monoisotopic (exact) mass is 325 g/mol. The minimum absolute atomic E-state index is 0.0440. The second-order valence-corrected chi connectivity index (χ2v) is 8.05. The fourth-order valence-corrected chi connectivity index (χ4v) is 3.61. The van der Waals surface area contributed by atoms with E-state index in [4.69, 9.17) is 0 Å². The molecule has 2 unspecified atom stereocenters. The fourth-order valence-electron chi connectivity index (χ4n) is 2.70. The van der Waals surface area contributed by atoms with Crippen LogP contribution >= 0.6 is 11.3 Å². The van der Waals surface area contributed by atoms with Gasteiger partial charge in [-0.2, -0.15) is 0 Å². The average Bonchev–Trinajstić information content (AvgIpc) is 3.05. The summed E-state index contributed by atoms with van der Waals surface area (Å²) in [4.78, 5) is 18.4. The molecule has 0 aliphatic heterocycles. The van der Waals surface area contributed by atoms with Gasteiger partial charge in [0, 0.05) is 30.3 Å². The van der Waals surface area contributed by atoms with Crippen LogP contribution in [0.3, 0.4) is 0 Å². The first-order valence-corrected chi connectivity index (χ1v) is 8.77. The molecule has 1 aliphatic carbocycles. The molecule has 1 heterocycles. The molecule has 0 spiro atoms. The number of carbonyl (C=O) groups is 1. The summed E-state index contributed by atoms with van der Waals surface area (Å²) in [6, 6.07) is -0.107. The number of rotatable bonds is 4. The van der Waals surface area contributed by atoms with Gasteiger partial charge >= 0.3 is 6.03 Å². The quantitative estimate of drug-likeness (QED) is 0.894. The lowest BCUT2D eigenvalue weighted by Gasteiger charge is -2.23. The van der Waals surface area contributed by atoms with Crippen molar-refractivity contribution in [1.82, 2.24) is 15.2 Å². The first-order chi connectivity index (χ1) is 10.3. The first-order valence-electron chi connectivity index (χ1n) is 7.89. The van der Waals surface area contributed by atoms with E-state index in [1.807, 2.05) is 5.38 Å². The molecule has 1 aromatic rings. The molecule has 1 aliphatic rings. The maximum absolute atomic E-state index is 12.1. The van der Waals surface area contributed by atoms with Gasteiger partial charge < -0.3 is 15.3 Å². The van der Waals surface area contributed by atoms with Crippen molar-refractivity contribution in [1.29, 1.82) is 0 Å². The molecule has 22 heavy (non-hydrogen) atoms. The second-order valence-electron chi connectivity index (χ2n) is 7.19. The zero-order valence-corrected chi connectivity index (χ0v) is 14.7. The topological polar surface area (TPSA) is 65.5 Å². The molecular formula is C16H27N3O2S. The summed E-state index contributed by atoms with van der Waals surface area (Å²) in [6.45, 7) is 7.46. The normalized spacial score (nSPS) is 21.9. The van der Waals surface area contributed by atoms with Gasteiger partial charge in [0.2, 0.25) is 0 Å². The highest BCUT2D eigenvalue weighted by Gasteiger charge is 2.27. The molecule has 0 radical (unpaired) electrons. The number of hydrogen-bond donors (Lipinski definition) is 2. The van der Waals surface area contributed by atoms with E-state index < -0.39 is 0 Å². The van der Waals surface area contributed by atoms with Crippen LogP contribution in [0.4, 0.5) is 4.79 Å². The summed E-state index contributed by atoms with van der Waals surface area (Å²) in [5.74, 6) is 0.211. The molecule has 0 saturated heterocycles. The van der Waals surface area contributed by atoms with E-state index in [1.54, 1.807) is 23.3 Å². The molecule has 124 valence electrons. The molecule has 5 nitrogen and oxygen atoms in total. The summed E-state index contributed by atoms with van der Waals surface area (Å²) >= 11 is 1.63. The van der Waals surface area contributed by atoms with Crippen LogP contribution in [0.5, 0.6) is 0 Å². The van der Waals surface area contributed by atoms with Crippen molar-refractivity contribution in [3.8, 4) is 0 Å². The highest BCUT2D eigenvalue weighted by molar-refractivity contribution is 7.09. The van der Waals surface area contributed by atoms with Gasteiger partial charge in [0.25, 0.3) is 0 Å². The van der Waals surface area contributed by atoms with E-state index in [2.05, 4.69) is 31.1 Å². The van der Waals surface area contributed by atoms with Crippen LogP contribution in [0.2, 0.25) is 0 Å². The summed E-state index contributed by atoms with van der Waals surface area (Å²) in [7, 11) is 1.78. The summed E-state index contributed by atoms with van der Waals surface area (Å²) < 4.78 is 0. The number of nitrogens with zero attached hydrogens (tertiary/aromatic N) is 2. The van der Waals surface area contributed by atoms with Crippen LogP contribution in [0.1, 0.15) is 50.7 Å². The average molecular weight is 325 g/mol. The molecule has 2 rings (SSSR count). The third kappa shape index (κ3) is 4.43. The van der Waals surface area contributed by atoms with Crippen molar-refractivity contribution in [3.05, 3.63) is 16.1 Å². The van der Waals surface area contributed by atoms with Gasteiger partial charge in [-0.3, -0.25) is 0 Å². The fraction of sp³-hybridized carbons (Fsp3) is 0.750. The molecule has 1 fully saturated rings. The van der Waals surface area contributed by atoms with Gasteiger partial charge in [0.1, 0.15) is 0 Å². The highest BCUT2D eigenvalue weighted by atomic mass is 32.1. The first kappa shape index (κ1) is 17.2. The van der Waals surface area contributed by atoms with Gasteiger partial charge in [-0.1, -0.05) is 27.2 Å². The predicted octanol–water partition coefficient (Wildman–Crippen LogP) is 2.74. The Morgan fingerprint density at radius 3 is 2.77 bits per heavy atom. The molecule has 2 N–H and O–H groups in total. The minimum atomic E-state index is -0.261. The number of hydrogen-bond acceptors (Lipinski definition) is 4. The van der Waals surface area contributed by atoms with Gasteiger partial charge in [-0.15, -0.1) is 11.3 Å². The second kappa shape index (κ2) is 6.96. The van der Waals surface area contributed by atoms with Crippen molar-refractivity contribution >= 4 is 17.4 Å². The molecule has 2 amide bonds. The zero-order valence-electron chi connectivity index (χ0n) is 13.9. The predicted molar refractivity (Wildman–Crippen MR) is 89.0 cm³/mol. The van der Waals surface area contributed by atoms with Crippen molar-refractivity contribution in [3.63, 3.8) is 0 Å². The van der Waals surface area contributed by atoms with Crippen molar-refractivity contribution < 1.29 is 9.90 Å². The van der Waals surface area contributed by atoms with E-state index >= 15 is 0 Å². The molecule has 6 heteroatoms. The van der Waals surface area contributed by atoms with E-state index in [0.717, 1.165) is 30.0 Å². The largest absolute Gasteiger partial charge is 0.393 e.